The van der Waals surface area contributed by atoms with Crippen LogP contribution in [0.4, 0.5) is 8.78 Å². The molecule has 0 spiro atoms. The van der Waals surface area contributed by atoms with Gasteiger partial charge in [-0.3, -0.25) is 0 Å². The predicted molar refractivity (Wildman–Crippen MR) is 105 cm³/mol. The maximum atomic E-state index is 12.1. The van der Waals surface area contributed by atoms with Crippen LogP contribution in [0.15, 0.2) is 23.8 Å². The molecule has 2 rings (SSSR count). The Hall–Kier alpha value is -1.64. The van der Waals surface area contributed by atoms with Crippen molar-refractivity contribution in [1.82, 2.24) is 0 Å². The summed E-state index contributed by atoms with van der Waals surface area (Å²) >= 11 is 0. The molecule has 0 unspecified atom stereocenters. The highest BCUT2D eigenvalue weighted by molar-refractivity contribution is 5.55. The van der Waals surface area contributed by atoms with Crippen molar-refractivity contribution in [3.8, 4) is 5.75 Å². The van der Waals surface area contributed by atoms with Crippen LogP contribution in [0.5, 0.6) is 5.75 Å². The third-order valence-corrected chi connectivity index (χ3v) is 6.01. The van der Waals surface area contributed by atoms with Gasteiger partial charge in [0.05, 0.1) is 0 Å². The van der Waals surface area contributed by atoms with Gasteiger partial charge in [-0.2, -0.15) is 8.78 Å². The molecule has 0 bridgehead atoms. The average molecular weight is 363 g/mol. The van der Waals surface area contributed by atoms with E-state index in [2.05, 4.69) is 40.7 Å². The molecule has 1 aliphatic rings. The van der Waals surface area contributed by atoms with E-state index in [-0.39, 0.29) is 5.60 Å². The zero-order chi connectivity index (χ0) is 19.5. The first kappa shape index (κ1) is 20.7. The Bertz CT molecular complexity index is 726. The van der Waals surface area contributed by atoms with Crippen LogP contribution in [0.1, 0.15) is 73.8 Å². The molecule has 1 aromatic rings. The third kappa shape index (κ3) is 4.75. The van der Waals surface area contributed by atoms with E-state index in [4.69, 9.17) is 4.74 Å². The predicted octanol–water partition coefficient (Wildman–Crippen LogP) is 7.29. The van der Waals surface area contributed by atoms with E-state index in [1.807, 2.05) is 6.92 Å². The lowest BCUT2D eigenvalue weighted by Gasteiger charge is -2.38. The zero-order valence-corrected chi connectivity index (χ0v) is 17.1. The largest absolute Gasteiger partial charge is 0.487 e. The molecule has 1 heterocycles. The Morgan fingerprint density at radius 3 is 2.31 bits per heavy atom. The summed E-state index contributed by atoms with van der Waals surface area (Å²) in [5.74, 6) is 1.09. The van der Waals surface area contributed by atoms with Crippen molar-refractivity contribution < 1.29 is 13.5 Å². The summed E-state index contributed by atoms with van der Waals surface area (Å²) in [5.41, 5.74) is 7.72. The van der Waals surface area contributed by atoms with Gasteiger partial charge >= 0.3 is 0 Å². The van der Waals surface area contributed by atoms with E-state index in [1.54, 1.807) is 0 Å². The van der Waals surface area contributed by atoms with Gasteiger partial charge in [0.25, 0.3) is 6.08 Å². The van der Waals surface area contributed by atoms with Crippen LogP contribution in [0.25, 0.3) is 0 Å². The van der Waals surface area contributed by atoms with Gasteiger partial charge in [-0.25, -0.2) is 0 Å². The average Bonchev–Trinajstić information content (AvgIpc) is 2.57. The fourth-order valence-corrected chi connectivity index (χ4v) is 3.79. The highest BCUT2D eigenvalue weighted by Gasteiger charge is 2.33. The summed E-state index contributed by atoms with van der Waals surface area (Å²) in [7, 11) is 0. The molecule has 144 valence electrons. The van der Waals surface area contributed by atoms with Crippen molar-refractivity contribution in [1.29, 1.82) is 0 Å². The van der Waals surface area contributed by atoms with Crippen molar-refractivity contribution in [2.75, 3.05) is 0 Å². The van der Waals surface area contributed by atoms with Crippen LogP contribution in [-0.4, -0.2) is 5.60 Å². The van der Waals surface area contributed by atoms with Crippen LogP contribution >= 0.6 is 0 Å². The first-order valence-corrected chi connectivity index (χ1v) is 9.59. The smallest absolute Gasteiger partial charge is 0.266 e. The molecular weight excluding hydrogens is 330 g/mol. The molecule has 1 nitrogen and oxygen atoms in total. The highest BCUT2D eigenvalue weighted by atomic mass is 19.3. The van der Waals surface area contributed by atoms with Crippen molar-refractivity contribution in [2.45, 2.75) is 85.7 Å². The van der Waals surface area contributed by atoms with Crippen molar-refractivity contribution >= 4 is 0 Å². The Labute approximate surface area is 157 Å². The molecule has 3 heteroatoms. The second kappa shape index (κ2) is 8.37. The van der Waals surface area contributed by atoms with E-state index in [0.717, 1.165) is 37.5 Å². The molecule has 0 fully saturated rings. The van der Waals surface area contributed by atoms with Crippen molar-refractivity contribution in [3.63, 3.8) is 0 Å². The molecule has 0 aromatic heterocycles. The Morgan fingerprint density at radius 2 is 1.65 bits per heavy atom. The van der Waals surface area contributed by atoms with Gasteiger partial charge in [-0.1, -0.05) is 11.6 Å². The number of fused-ring (bicyclic) bond motifs is 1. The molecule has 26 heavy (non-hydrogen) atoms. The zero-order valence-electron chi connectivity index (χ0n) is 17.1. The Kier molecular flexibility index (Phi) is 6.65. The molecule has 1 aliphatic heterocycles. The van der Waals surface area contributed by atoms with Gasteiger partial charge in [0.15, 0.2) is 0 Å². The number of halogens is 2. The molecule has 0 aliphatic carbocycles. The summed E-state index contributed by atoms with van der Waals surface area (Å²) < 4.78 is 30.7. The minimum atomic E-state index is -1.59. The molecule has 0 radical (unpaired) electrons. The van der Waals surface area contributed by atoms with Gasteiger partial charge < -0.3 is 4.74 Å². The number of benzene rings is 1. The fraction of sp³-hybridized carbons (Fsp3) is 0.565. The lowest BCUT2D eigenvalue weighted by Crippen LogP contribution is -2.37. The van der Waals surface area contributed by atoms with Gasteiger partial charge in [0.1, 0.15) is 11.4 Å². The number of hydrogen-bond donors (Lipinski definition) is 0. The van der Waals surface area contributed by atoms with E-state index in [9.17, 15) is 8.78 Å². The Balaban J connectivity index is 2.04. The van der Waals surface area contributed by atoms with Crippen LogP contribution in [0.3, 0.4) is 0 Å². The maximum absolute atomic E-state index is 12.1. The second-order valence-electron chi connectivity index (χ2n) is 7.98. The minimum Gasteiger partial charge on any atom is -0.487 e. The van der Waals surface area contributed by atoms with E-state index >= 15 is 0 Å². The summed E-state index contributed by atoms with van der Waals surface area (Å²) in [6.07, 6.45) is 6.62. The van der Waals surface area contributed by atoms with E-state index < -0.39 is 6.08 Å². The first-order valence-electron chi connectivity index (χ1n) is 9.59. The SMILES string of the molecule is C/C(=C\CC[C@]1(C)CCc2c(C)c(C)c(C)c(C)c2O1)CCC=C(F)F. The number of allylic oxidation sites excluding steroid dienone is 3. The third-order valence-electron chi connectivity index (χ3n) is 6.01. The fourth-order valence-electron chi connectivity index (χ4n) is 3.79. The van der Waals surface area contributed by atoms with Crippen molar-refractivity contribution in [3.05, 3.63) is 51.6 Å². The molecule has 1 aromatic carbocycles. The number of ether oxygens (including phenoxy) is 1. The maximum Gasteiger partial charge on any atom is 0.266 e. The van der Waals surface area contributed by atoms with Crippen LogP contribution in [0.2, 0.25) is 0 Å². The lowest BCUT2D eigenvalue weighted by molar-refractivity contribution is 0.0560. The van der Waals surface area contributed by atoms with Crippen LogP contribution in [0, 0.1) is 27.7 Å². The minimum absolute atomic E-state index is 0.159. The van der Waals surface area contributed by atoms with Gasteiger partial charge in [-0.05, 0) is 114 Å². The van der Waals surface area contributed by atoms with E-state index in [1.165, 1.54) is 33.4 Å². The molecule has 1 atom stereocenters. The number of hydrogen-bond acceptors (Lipinski definition) is 1. The molecule has 0 saturated carbocycles. The summed E-state index contributed by atoms with van der Waals surface area (Å²) in [6, 6.07) is 0. The summed E-state index contributed by atoms with van der Waals surface area (Å²) in [4.78, 5) is 0. The van der Waals surface area contributed by atoms with Gasteiger partial charge in [0, 0.05) is 0 Å². The Morgan fingerprint density at radius 1 is 1.00 bits per heavy atom. The van der Waals surface area contributed by atoms with Gasteiger partial charge in [-0.15, -0.1) is 0 Å². The number of rotatable bonds is 6. The monoisotopic (exact) mass is 362 g/mol. The quantitative estimate of drug-likeness (QED) is 0.483. The summed E-state index contributed by atoms with van der Waals surface area (Å²) in [6.45, 7) is 13.0. The van der Waals surface area contributed by atoms with Crippen molar-refractivity contribution in [2.24, 2.45) is 0 Å². The molecule has 0 saturated heterocycles. The first-order chi connectivity index (χ1) is 12.1. The molecular formula is C23H32F2O. The standard InChI is InChI=1S/C23H32F2O/c1-15(9-7-11-21(24)25)10-8-13-23(6)14-12-20-18(4)16(2)17(3)19(5)22(20)26-23/h10-11H,7-9,12-14H2,1-6H3/b15-10+/t23-/m1/s1. The molecule has 0 N–H and O–H groups in total. The van der Waals surface area contributed by atoms with E-state index in [0.29, 0.717) is 12.8 Å². The molecule has 0 amide bonds. The topological polar surface area (TPSA) is 9.23 Å². The highest BCUT2D eigenvalue weighted by Crippen LogP contribution is 2.42. The lowest BCUT2D eigenvalue weighted by atomic mass is 9.83. The van der Waals surface area contributed by atoms with Crippen LogP contribution in [-0.2, 0) is 6.42 Å². The summed E-state index contributed by atoms with van der Waals surface area (Å²) in [5, 5.41) is 0. The second-order valence-corrected chi connectivity index (χ2v) is 7.98. The normalized spacial score (nSPS) is 19.8. The van der Waals surface area contributed by atoms with Crippen LogP contribution < -0.4 is 4.74 Å². The van der Waals surface area contributed by atoms with Gasteiger partial charge in [0.2, 0.25) is 0 Å².